The SMILES string of the molecule is Cc1nn(CCO)cc1C(=O)N[C@@H]1CCc2cc(-c3noc(C(F)F)n3)ccc21. The molecule has 1 aromatic carbocycles. The molecule has 2 heterocycles. The van der Waals surface area contributed by atoms with Crippen molar-refractivity contribution in [3.8, 4) is 11.4 Å². The fraction of sp³-hybridized carbons (Fsp3) is 0.368. The van der Waals surface area contributed by atoms with Gasteiger partial charge in [0.05, 0.1) is 30.5 Å². The summed E-state index contributed by atoms with van der Waals surface area (Å²) in [6.45, 7) is 2.02. The Morgan fingerprint density at radius 1 is 1.45 bits per heavy atom. The van der Waals surface area contributed by atoms with Crippen LogP contribution in [0.4, 0.5) is 8.78 Å². The lowest BCUT2D eigenvalue weighted by Gasteiger charge is -2.14. The molecule has 10 heteroatoms. The van der Waals surface area contributed by atoms with Gasteiger partial charge < -0.3 is 14.9 Å². The molecule has 152 valence electrons. The van der Waals surface area contributed by atoms with Crippen LogP contribution in [0.25, 0.3) is 11.4 Å². The van der Waals surface area contributed by atoms with E-state index >= 15 is 0 Å². The Kier molecular flexibility index (Phi) is 5.10. The van der Waals surface area contributed by atoms with Crippen molar-refractivity contribution >= 4 is 5.91 Å². The number of alkyl halides is 2. The van der Waals surface area contributed by atoms with Crippen LogP contribution in [0.15, 0.2) is 28.9 Å². The second kappa shape index (κ2) is 7.70. The Labute approximate surface area is 164 Å². The zero-order valence-electron chi connectivity index (χ0n) is 15.6. The van der Waals surface area contributed by atoms with Crippen molar-refractivity contribution in [2.45, 2.75) is 38.8 Å². The summed E-state index contributed by atoms with van der Waals surface area (Å²) in [5, 5.41) is 19.9. The van der Waals surface area contributed by atoms with Gasteiger partial charge in [0.25, 0.3) is 11.8 Å². The molecule has 0 unspecified atom stereocenters. The summed E-state index contributed by atoms with van der Waals surface area (Å²) in [5.74, 6) is -0.821. The fourth-order valence-electron chi connectivity index (χ4n) is 3.54. The molecule has 2 aromatic heterocycles. The van der Waals surface area contributed by atoms with Gasteiger partial charge in [0, 0.05) is 11.8 Å². The van der Waals surface area contributed by atoms with E-state index in [1.165, 1.54) is 4.68 Å². The highest BCUT2D eigenvalue weighted by atomic mass is 19.3. The average Bonchev–Trinajstić information content (AvgIpc) is 3.40. The minimum Gasteiger partial charge on any atom is -0.394 e. The van der Waals surface area contributed by atoms with Gasteiger partial charge in [-0.3, -0.25) is 9.48 Å². The highest BCUT2D eigenvalue weighted by Gasteiger charge is 2.26. The van der Waals surface area contributed by atoms with Crippen LogP contribution >= 0.6 is 0 Å². The molecule has 0 aliphatic heterocycles. The first-order valence-corrected chi connectivity index (χ1v) is 9.17. The maximum absolute atomic E-state index is 12.7. The van der Waals surface area contributed by atoms with Gasteiger partial charge in [-0.25, -0.2) is 0 Å². The summed E-state index contributed by atoms with van der Waals surface area (Å²) in [7, 11) is 0. The summed E-state index contributed by atoms with van der Waals surface area (Å²) in [6, 6.07) is 5.26. The van der Waals surface area contributed by atoms with Gasteiger partial charge in [-0.05, 0) is 37.0 Å². The second-order valence-corrected chi connectivity index (χ2v) is 6.85. The molecule has 0 saturated heterocycles. The van der Waals surface area contributed by atoms with E-state index in [0.29, 0.717) is 23.4 Å². The van der Waals surface area contributed by atoms with Gasteiger partial charge in [0.15, 0.2) is 0 Å². The molecule has 1 amide bonds. The largest absolute Gasteiger partial charge is 0.394 e. The highest BCUT2D eigenvalue weighted by Crippen LogP contribution is 2.34. The molecular weight excluding hydrogens is 384 g/mol. The Morgan fingerprint density at radius 2 is 2.28 bits per heavy atom. The average molecular weight is 403 g/mol. The summed E-state index contributed by atoms with van der Waals surface area (Å²) >= 11 is 0. The number of nitrogens with one attached hydrogen (secondary N) is 1. The molecule has 29 heavy (non-hydrogen) atoms. The third-order valence-corrected chi connectivity index (χ3v) is 4.93. The van der Waals surface area contributed by atoms with Crippen LogP contribution in [0, 0.1) is 6.92 Å². The Bertz CT molecular complexity index is 1050. The van der Waals surface area contributed by atoms with Crippen molar-refractivity contribution in [1.82, 2.24) is 25.2 Å². The fourth-order valence-corrected chi connectivity index (χ4v) is 3.54. The zero-order valence-corrected chi connectivity index (χ0v) is 15.6. The quantitative estimate of drug-likeness (QED) is 0.655. The van der Waals surface area contributed by atoms with Crippen LogP contribution in [-0.4, -0.2) is 37.5 Å². The number of aryl methyl sites for hydroxylation is 2. The summed E-state index contributed by atoms with van der Waals surface area (Å²) in [5.41, 5.74) is 3.63. The highest BCUT2D eigenvalue weighted by molar-refractivity contribution is 5.95. The summed E-state index contributed by atoms with van der Waals surface area (Å²) in [4.78, 5) is 16.4. The predicted molar refractivity (Wildman–Crippen MR) is 97.3 cm³/mol. The van der Waals surface area contributed by atoms with Crippen molar-refractivity contribution in [3.63, 3.8) is 0 Å². The van der Waals surface area contributed by atoms with Gasteiger partial charge in [-0.1, -0.05) is 17.3 Å². The third kappa shape index (κ3) is 3.75. The maximum Gasteiger partial charge on any atom is 0.315 e. The van der Waals surface area contributed by atoms with E-state index < -0.39 is 12.3 Å². The second-order valence-electron chi connectivity index (χ2n) is 6.85. The molecule has 1 aliphatic carbocycles. The van der Waals surface area contributed by atoms with Crippen molar-refractivity contribution < 1.29 is 23.2 Å². The number of carbonyl (C=O) groups is 1. The molecule has 0 bridgehead atoms. The van der Waals surface area contributed by atoms with Crippen LogP contribution in [-0.2, 0) is 13.0 Å². The van der Waals surface area contributed by atoms with Gasteiger partial charge in [-0.15, -0.1) is 0 Å². The standard InChI is InChI=1S/C19H19F2N5O3/c1-10-14(9-26(24-10)6-7-27)18(28)22-15-5-3-11-8-12(2-4-13(11)15)17-23-19(16(20)21)29-25-17/h2,4,8-9,15-16,27H,3,5-7H2,1H3,(H,22,28)/t15-/m1/s1. The minimum absolute atomic E-state index is 0.0559. The number of fused-ring (bicyclic) bond motifs is 1. The molecule has 0 radical (unpaired) electrons. The topological polar surface area (TPSA) is 106 Å². The lowest BCUT2D eigenvalue weighted by atomic mass is 10.0. The number of nitrogens with zero attached hydrogens (tertiary/aromatic N) is 4. The number of amides is 1. The van der Waals surface area contributed by atoms with Crippen LogP contribution in [0.1, 0.15) is 52.0 Å². The number of aliphatic hydroxyl groups excluding tert-OH is 1. The number of halogens is 2. The van der Waals surface area contributed by atoms with Crippen LogP contribution < -0.4 is 5.32 Å². The molecule has 4 rings (SSSR count). The van der Waals surface area contributed by atoms with E-state index in [1.807, 2.05) is 12.1 Å². The first-order valence-electron chi connectivity index (χ1n) is 9.17. The van der Waals surface area contributed by atoms with Gasteiger partial charge >= 0.3 is 6.43 Å². The van der Waals surface area contributed by atoms with Gasteiger partial charge in [0.1, 0.15) is 0 Å². The molecule has 1 aliphatic rings. The number of benzene rings is 1. The molecule has 2 N–H and O–H groups in total. The van der Waals surface area contributed by atoms with Crippen molar-refractivity contribution in [1.29, 1.82) is 0 Å². The molecule has 1 atom stereocenters. The molecular formula is C19H19F2N5O3. The molecule has 3 aromatic rings. The lowest BCUT2D eigenvalue weighted by Crippen LogP contribution is -2.27. The van der Waals surface area contributed by atoms with E-state index in [9.17, 15) is 13.6 Å². The Balaban J connectivity index is 1.51. The van der Waals surface area contributed by atoms with Gasteiger partial charge in [-0.2, -0.15) is 18.9 Å². The number of carbonyl (C=O) groups excluding carboxylic acids is 1. The smallest absolute Gasteiger partial charge is 0.315 e. The maximum atomic E-state index is 12.7. The number of rotatable bonds is 6. The molecule has 0 fully saturated rings. The van der Waals surface area contributed by atoms with E-state index in [2.05, 4.69) is 25.1 Å². The lowest BCUT2D eigenvalue weighted by molar-refractivity contribution is 0.0935. The van der Waals surface area contributed by atoms with Crippen molar-refractivity contribution in [2.75, 3.05) is 6.61 Å². The molecule has 0 spiro atoms. The normalized spacial score (nSPS) is 15.7. The van der Waals surface area contributed by atoms with Gasteiger partial charge in [0.2, 0.25) is 5.82 Å². The molecule has 0 saturated carbocycles. The number of aliphatic hydroxyl groups is 1. The Morgan fingerprint density at radius 3 is 3.00 bits per heavy atom. The zero-order chi connectivity index (χ0) is 20.5. The number of hydrogen-bond acceptors (Lipinski definition) is 6. The van der Waals surface area contributed by atoms with Crippen LogP contribution in [0.3, 0.4) is 0 Å². The van der Waals surface area contributed by atoms with E-state index in [-0.39, 0.29) is 24.4 Å². The van der Waals surface area contributed by atoms with E-state index in [4.69, 9.17) is 5.11 Å². The summed E-state index contributed by atoms with van der Waals surface area (Å²) in [6.07, 6.45) is 0.270. The Hall–Kier alpha value is -3.14. The minimum atomic E-state index is -2.81. The monoisotopic (exact) mass is 403 g/mol. The first kappa shape index (κ1) is 19.2. The summed E-state index contributed by atoms with van der Waals surface area (Å²) < 4.78 is 31.4. The van der Waals surface area contributed by atoms with E-state index in [0.717, 1.165) is 24.0 Å². The third-order valence-electron chi connectivity index (χ3n) is 4.93. The van der Waals surface area contributed by atoms with Crippen molar-refractivity contribution in [2.24, 2.45) is 0 Å². The predicted octanol–water partition coefficient (Wildman–Crippen LogP) is 2.59. The van der Waals surface area contributed by atoms with Crippen molar-refractivity contribution in [3.05, 3.63) is 52.7 Å². The number of hydrogen-bond donors (Lipinski definition) is 2. The van der Waals surface area contributed by atoms with E-state index in [1.54, 1.807) is 19.2 Å². The first-order chi connectivity index (χ1) is 14.0. The number of aromatic nitrogens is 4. The van der Waals surface area contributed by atoms with Crippen LogP contribution in [0.2, 0.25) is 0 Å². The molecule has 8 nitrogen and oxygen atoms in total. The van der Waals surface area contributed by atoms with Crippen LogP contribution in [0.5, 0.6) is 0 Å².